The second-order valence-electron chi connectivity index (χ2n) is 0.322. The van der Waals surface area contributed by atoms with Crippen LogP contribution in [0.5, 0.6) is 0 Å². The average molecular weight is 386 g/mol. The predicted octanol–water partition coefficient (Wildman–Crippen LogP) is -0.550. The normalized spacial score (nSPS) is 2.50. The van der Waals surface area contributed by atoms with Crippen LogP contribution in [0.15, 0.2) is 12.7 Å². The summed E-state index contributed by atoms with van der Waals surface area (Å²) in [6, 6.07) is 0. The Morgan fingerprint density at radius 1 is 1.38 bits per heavy atom. The Balaban J connectivity index is -0.00000000750. The average Bonchev–Trinajstić information content (AvgIpc) is 1.37. The van der Waals surface area contributed by atoms with Gasteiger partial charge in [0.1, 0.15) is 0 Å². The maximum absolute atomic E-state index is 8.93. The topological polar surface area (TPSA) is 48.6 Å². The molecule has 0 aliphatic rings. The molecule has 0 aromatic heterocycles. The molecule has 0 aliphatic heterocycles. The summed E-state index contributed by atoms with van der Waals surface area (Å²) >= 11 is 0. The summed E-state index contributed by atoms with van der Waals surface area (Å²) in [4.78, 5) is 8.93. The minimum absolute atomic E-state index is 0. The molecule has 8 heavy (non-hydrogen) atoms. The molecular formula is C3H5Ni2O2Pt-. The van der Waals surface area contributed by atoms with Gasteiger partial charge in [0.2, 0.25) is 0 Å². The van der Waals surface area contributed by atoms with Gasteiger partial charge in [-0.05, 0) is 6.29 Å². The van der Waals surface area contributed by atoms with E-state index in [-0.39, 0.29) is 59.5 Å². The first kappa shape index (κ1) is 35.8. The van der Waals surface area contributed by atoms with Crippen molar-refractivity contribution in [2.75, 3.05) is 0 Å². The Kier molecular flexibility index (Phi) is 193. The van der Waals surface area contributed by atoms with E-state index in [4.69, 9.17) is 4.79 Å². The van der Waals surface area contributed by atoms with Crippen molar-refractivity contribution in [3.05, 3.63) is 12.7 Å². The number of rotatable bonds is 1. The van der Waals surface area contributed by atoms with E-state index < -0.39 is 0 Å². The Labute approximate surface area is 82.9 Å². The van der Waals surface area contributed by atoms with Gasteiger partial charge in [0.25, 0.3) is 0 Å². The Bertz CT molecular complexity index is 36.3. The number of allylic oxidation sites excluding steroid dienone is 1. The summed E-state index contributed by atoms with van der Waals surface area (Å²) in [5.41, 5.74) is 0. The van der Waals surface area contributed by atoms with E-state index in [1.54, 1.807) is 0 Å². The summed E-state index contributed by atoms with van der Waals surface area (Å²) < 4.78 is 0. The molecule has 5 heteroatoms. The van der Waals surface area contributed by atoms with Crippen LogP contribution in [0.3, 0.4) is 0 Å². The molecule has 0 aromatic rings. The van der Waals surface area contributed by atoms with Crippen molar-refractivity contribution in [1.29, 1.82) is 0 Å². The summed E-state index contributed by atoms with van der Waals surface area (Å²) in [6.07, 6.45) is 2.51. The minimum Gasteiger partial charge on any atom is -0.419 e. The maximum Gasteiger partial charge on any atom is 0 e. The van der Waals surface area contributed by atoms with Gasteiger partial charge < -0.3 is 10.3 Å². The van der Waals surface area contributed by atoms with Gasteiger partial charge in [0, 0.05) is 54.0 Å². The van der Waals surface area contributed by atoms with Crippen LogP contribution in [-0.4, -0.2) is 11.8 Å². The molecule has 0 aliphatic carbocycles. The largest absolute Gasteiger partial charge is 0.419 e. The van der Waals surface area contributed by atoms with Gasteiger partial charge in [-0.1, -0.05) is 0 Å². The molecule has 0 amide bonds. The molecule has 0 aromatic carbocycles. The third-order valence-electron chi connectivity index (χ3n) is 0.0833. The fourth-order valence-electron chi connectivity index (χ4n) is 0. The first-order chi connectivity index (χ1) is 1.91. The fourth-order valence-corrected chi connectivity index (χ4v) is 0. The van der Waals surface area contributed by atoms with E-state index in [0.29, 0.717) is 0 Å². The first-order valence-corrected chi connectivity index (χ1v) is 0.901. The van der Waals surface area contributed by atoms with Crippen LogP contribution in [0.1, 0.15) is 0 Å². The van der Waals surface area contributed by atoms with Crippen LogP contribution in [0.2, 0.25) is 0 Å². The molecule has 2 nitrogen and oxygen atoms in total. The fraction of sp³-hybridized carbons (Fsp3) is 0. The maximum atomic E-state index is 8.93. The van der Waals surface area contributed by atoms with Crippen molar-refractivity contribution in [2.24, 2.45) is 0 Å². The van der Waals surface area contributed by atoms with Gasteiger partial charge in [-0.2, -0.15) is 0 Å². The summed E-state index contributed by atoms with van der Waals surface area (Å²) in [5.74, 6) is 0. The van der Waals surface area contributed by atoms with E-state index >= 15 is 0 Å². The van der Waals surface area contributed by atoms with Crippen LogP contribution in [0.25, 0.3) is 0 Å². The molecular weight excluding hydrogens is 380 g/mol. The molecule has 0 spiro atoms. The van der Waals surface area contributed by atoms with Crippen molar-refractivity contribution in [3.63, 3.8) is 0 Å². The smallest absolute Gasteiger partial charge is 0 e. The Hall–Kier alpha value is 1.05. The van der Waals surface area contributed by atoms with Crippen LogP contribution < -0.4 is 0 Å². The Morgan fingerprint density at radius 2 is 1.50 bits per heavy atom. The molecule has 0 bridgehead atoms. The second kappa shape index (κ2) is 43.1. The molecule has 0 atom stereocenters. The first-order valence-electron chi connectivity index (χ1n) is 0.901. The van der Waals surface area contributed by atoms with E-state index in [1.807, 2.05) is 0 Å². The quantitative estimate of drug-likeness (QED) is 0.339. The molecule has 0 unspecified atom stereocenters. The van der Waals surface area contributed by atoms with Crippen molar-refractivity contribution in [2.45, 2.75) is 0 Å². The van der Waals surface area contributed by atoms with Crippen LogP contribution in [-0.2, 0) is 58.8 Å². The third kappa shape index (κ3) is 61.5. The van der Waals surface area contributed by atoms with Crippen molar-refractivity contribution in [1.82, 2.24) is 0 Å². The van der Waals surface area contributed by atoms with E-state index in [1.165, 1.54) is 6.29 Å². The van der Waals surface area contributed by atoms with Gasteiger partial charge in [0.15, 0.2) is 0 Å². The molecule has 0 rings (SSSR count). The molecule has 60 valence electrons. The van der Waals surface area contributed by atoms with Crippen molar-refractivity contribution >= 4 is 6.29 Å². The molecule has 0 radical (unpaired) electrons. The summed E-state index contributed by atoms with van der Waals surface area (Å²) in [6.45, 7) is 3.06. The number of hydrogen-bond acceptors (Lipinski definition) is 1. The van der Waals surface area contributed by atoms with Crippen LogP contribution in [0.4, 0.5) is 0 Å². The molecule has 0 saturated carbocycles. The standard InChI is InChI=1S/C3H3O.2Ni.H2O.Pt/c1-2-3-4;;;;/h2H,1H2;;;1H2;/q-1;;;;. The summed E-state index contributed by atoms with van der Waals surface area (Å²) in [7, 11) is 0. The van der Waals surface area contributed by atoms with E-state index in [9.17, 15) is 0 Å². The van der Waals surface area contributed by atoms with Gasteiger partial charge in [-0.3, -0.25) is 0 Å². The number of carbonyl (C=O) groups excluding carboxylic acids is 1. The van der Waals surface area contributed by atoms with Gasteiger partial charge in [0.05, 0.1) is 0 Å². The zero-order valence-corrected chi connectivity index (χ0v) is 7.89. The van der Waals surface area contributed by atoms with Crippen molar-refractivity contribution < 1.29 is 64.3 Å². The molecule has 0 fully saturated rings. The number of hydrogen-bond donors (Lipinski definition) is 0. The SMILES string of the molecule is C=C[C-]=O.O.[Ni].[Ni].[Pt]. The second-order valence-corrected chi connectivity index (χ2v) is 0.322. The zero-order valence-electron chi connectivity index (χ0n) is 3.64. The van der Waals surface area contributed by atoms with Crippen molar-refractivity contribution in [3.8, 4) is 0 Å². The minimum atomic E-state index is 0. The van der Waals surface area contributed by atoms with E-state index in [2.05, 4.69) is 6.58 Å². The van der Waals surface area contributed by atoms with Gasteiger partial charge in [-0.15, -0.1) is 0 Å². The van der Waals surface area contributed by atoms with Gasteiger partial charge in [-0.25, -0.2) is 12.7 Å². The summed E-state index contributed by atoms with van der Waals surface area (Å²) in [5, 5.41) is 0. The zero-order chi connectivity index (χ0) is 3.41. The van der Waals surface area contributed by atoms with Gasteiger partial charge >= 0.3 is 0 Å². The van der Waals surface area contributed by atoms with Crippen LogP contribution >= 0.6 is 0 Å². The van der Waals surface area contributed by atoms with Crippen LogP contribution in [0, 0.1) is 0 Å². The molecule has 2 N–H and O–H groups in total. The Morgan fingerprint density at radius 3 is 1.50 bits per heavy atom. The predicted molar refractivity (Wildman–Crippen MR) is 19.5 cm³/mol. The molecule has 0 saturated heterocycles. The third-order valence-corrected chi connectivity index (χ3v) is 0.0833. The van der Waals surface area contributed by atoms with E-state index in [0.717, 1.165) is 6.08 Å². The monoisotopic (exact) mass is 384 g/mol. The molecule has 0 heterocycles.